The van der Waals surface area contributed by atoms with Gasteiger partial charge in [-0.05, 0) is 44.1 Å². The number of aryl methyl sites for hydroxylation is 1. The molecule has 0 heterocycles. The third kappa shape index (κ3) is 4.43. The van der Waals surface area contributed by atoms with Crippen LogP contribution in [0, 0.1) is 12.7 Å². The first kappa shape index (κ1) is 14.6. The van der Waals surface area contributed by atoms with Crippen molar-refractivity contribution in [2.24, 2.45) is 0 Å². The topological polar surface area (TPSA) is 61.4 Å². The van der Waals surface area contributed by atoms with Gasteiger partial charge in [0, 0.05) is 6.54 Å². The Hall–Kier alpha value is -1.46. The number of likely N-dealkylation sites (N-methyl/N-ethyl adjacent to an activating group) is 1. The number of carbonyl (C=O) groups is 1. The van der Waals surface area contributed by atoms with Gasteiger partial charge in [0.2, 0.25) is 0 Å². The summed E-state index contributed by atoms with van der Waals surface area (Å²) in [6, 6.07) is 4.43. The predicted molar refractivity (Wildman–Crippen MR) is 68.2 cm³/mol. The monoisotopic (exact) mass is 254 g/mol. The fourth-order valence-corrected chi connectivity index (χ4v) is 1.65. The van der Waals surface area contributed by atoms with Gasteiger partial charge in [-0.3, -0.25) is 4.79 Å². The molecule has 0 bridgehead atoms. The Morgan fingerprint density at radius 3 is 2.78 bits per heavy atom. The maximum atomic E-state index is 13.0. The number of hydrogen-bond donors (Lipinski definition) is 3. The van der Waals surface area contributed by atoms with E-state index in [1.54, 1.807) is 20.0 Å². The predicted octanol–water partition coefficient (Wildman–Crippen LogP) is 0.939. The highest BCUT2D eigenvalue weighted by Gasteiger charge is 2.13. The molecule has 0 aromatic heterocycles. The lowest BCUT2D eigenvalue weighted by Gasteiger charge is -2.12. The van der Waals surface area contributed by atoms with Crippen LogP contribution >= 0.6 is 0 Å². The quantitative estimate of drug-likeness (QED) is 0.634. The van der Waals surface area contributed by atoms with Crippen molar-refractivity contribution in [1.29, 1.82) is 0 Å². The van der Waals surface area contributed by atoms with Gasteiger partial charge in [0.1, 0.15) is 11.9 Å². The SMILES string of the molecule is CNC(CNCCc1ccc(F)c(C)c1)C(=O)O. The number of benzene rings is 1. The second kappa shape index (κ2) is 7.08. The third-order valence-electron chi connectivity index (χ3n) is 2.81. The van der Waals surface area contributed by atoms with Gasteiger partial charge in [-0.2, -0.15) is 0 Å². The zero-order valence-corrected chi connectivity index (χ0v) is 10.7. The van der Waals surface area contributed by atoms with Crippen LogP contribution in [-0.2, 0) is 11.2 Å². The smallest absolute Gasteiger partial charge is 0.322 e. The summed E-state index contributed by atoms with van der Waals surface area (Å²) in [5.74, 6) is -1.07. The molecule has 1 aromatic carbocycles. The van der Waals surface area contributed by atoms with Crippen LogP contribution in [0.5, 0.6) is 0 Å². The molecular weight excluding hydrogens is 235 g/mol. The first-order chi connectivity index (χ1) is 8.54. The van der Waals surface area contributed by atoms with E-state index in [2.05, 4.69) is 10.6 Å². The molecule has 1 aromatic rings. The van der Waals surface area contributed by atoms with Gasteiger partial charge in [0.25, 0.3) is 0 Å². The minimum atomic E-state index is -0.873. The van der Waals surface area contributed by atoms with E-state index in [1.165, 1.54) is 6.07 Å². The molecule has 0 fully saturated rings. The van der Waals surface area contributed by atoms with Crippen LogP contribution in [-0.4, -0.2) is 37.3 Å². The van der Waals surface area contributed by atoms with Crippen LogP contribution in [0.3, 0.4) is 0 Å². The number of rotatable bonds is 7. The molecule has 0 saturated heterocycles. The number of carboxylic acid groups (broad SMARTS) is 1. The molecule has 1 atom stereocenters. The Morgan fingerprint density at radius 2 is 2.22 bits per heavy atom. The molecule has 100 valence electrons. The molecule has 3 N–H and O–H groups in total. The van der Waals surface area contributed by atoms with E-state index in [-0.39, 0.29) is 5.82 Å². The number of nitrogens with one attached hydrogen (secondary N) is 2. The van der Waals surface area contributed by atoms with Crippen LogP contribution in [0.15, 0.2) is 18.2 Å². The molecule has 1 unspecified atom stereocenters. The highest BCUT2D eigenvalue weighted by atomic mass is 19.1. The molecule has 0 amide bonds. The van der Waals surface area contributed by atoms with Crippen molar-refractivity contribution in [2.75, 3.05) is 20.1 Å². The fraction of sp³-hybridized carbons (Fsp3) is 0.462. The Kier molecular flexibility index (Phi) is 5.74. The van der Waals surface area contributed by atoms with E-state index in [0.29, 0.717) is 18.7 Å². The van der Waals surface area contributed by atoms with Gasteiger partial charge in [-0.25, -0.2) is 4.39 Å². The number of hydrogen-bond acceptors (Lipinski definition) is 3. The highest BCUT2D eigenvalue weighted by Crippen LogP contribution is 2.09. The maximum absolute atomic E-state index is 13.0. The van der Waals surface area contributed by atoms with Gasteiger partial charge >= 0.3 is 5.97 Å². The van der Waals surface area contributed by atoms with Crippen molar-refractivity contribution in [3.63, 3.8) is 0 Å². The second-order valence-electron chi connectivity index (χ2n) is 4.22. The van der Waals surface area contributed by atoms with Gasteiger partial charge < -0.3 is 15.7 Å². The lowest BCUT2D eigenvalue weighted by atomic mass is 10.1. The lowest BCUT2D eigenvalue weighted by molar-refractivity contribution is -0.139. The Labute approximate surface area is 106 Å². The summed E-state index contributed by atoms with van der Waals surface area (Å²) < 4.78 is 13.0. The van der Waals surface area contributed by atoms with Crippen LogP contribution in [0.4, 0.5) is 4.39 Å². The molecule has 4 nitrogen and oxygen atoms in total. The molecule has 0 aliphatic rings. The van der Waals surface area contributed by atoms with E-state index < -0.39 is 12.0 Å². The lowest BCUT2D eigenvalue weighted by Crippen LogP contribution is -2.43. The molecule has 0 aliphatic heterocycles. The number of aliphatic carboxylic acids is 1. The van der Waals surface area contributed by atoms with Crippen molar-refractivity contribution < 1.29 is 14.3 Å². The molecule has 0 spiro atoms. The highest BCUT2D eigenvalue weighted by molar-refractivity contribution is 5.73. The van der Waals surface area contributed by atoms with E-state index in [0.717, 1.165) is 12.0 Å². The van der Waals surface area contributed by atoms with Gasteiger partial charge in [0.05, 0.1) is 0 Å². The van der Waals surface area contributed by atoms with Crippen LogP contribution < -0.4 is 10.6 Å². The summed E-state index contributed by atoms with van der Waals surface area (Å²) in [5.41, 5.74) is 1.67. The first-order valence-electron chi connectivity index (χ1n) is 5.90. The molecule has 0 aliphatic carbocycles. The van der Waals surface area contributed by atoms with E-state index in [4.69, 9.17) is 5.11 Å². The summed E-state index contributed by atoms with van der Waals surface area (Å²) in [6.07, 6.45) is 0.747. The minimum Gasteiger partial charge on any atom is -0.480 e. The number of carboxylic acids is 1. The summed E-state index contributed by atoms with van der Waals surface area (Å²) in [6.45, 7) is 2.76. The summed E-state index contributed by atoms with van der Waals surface area (Å²) >= 11 is 0. The summed E-state index contributed by atoms with van der Waals surface area (Å²) in [4.78, 5) is 10.7. The minimum absolute atomic E-state index is 0.201. The zero-order chi connectivity index (χ0) is 13.5. The van der Waals surface area contributed by atoms with Gasteiger partial charge in [0.15, 0.2) is 0 Å². The standard InChI is InChI=1S/C13H19FN2O2/c1-9-7-10(3-4-11(9)14)5-6-16-8-12(15-2)13(17)18/h3-4,7,12,15-16H,5-6,8H2,1-2H3,(H,17,18). The average Bonchev–Trinajstić information content (AvgIpc) is 2.33. The van der Waals surface area contributed by atoms with Crippen LogP contribution in [0.1, 0.15) is 11.1 Å². The molecule has 1 rings (SSSR count). The van der Waals surface area contributed by atoms with Crippen molar-refractivity contribution in [3.8, 4) is 0 Å². The Balaban J connectivity index is 2.33. The molecule has 5 heteroatoms. The van der Waals surface area contributed by atoms with Crippen LogP contribution in [0.2, 0.25) is 0 Å². The van der Waals surface area contributed by atoms with E-state index in [1.807, 2.05) is 6.07 Å². The Bertz CT molecular complexity index is 410. The van der Waals surface area contributed by atoms with E-state index >= 15 is 0 Å². The largest absolute Gasteiger partial charge is 0.480 e. The molecule has 18 heavy (non-hydrogen) atoms. The Morgan fingerprint density at radius 1 is 1.50 bits per heavy atom. The first-order valence-corrected chi connectivity index (χ1v) is 5.90. The fourth-order valence-electron chi connectivity index (χ4n) is 1.65. The molecule has 0 radical (unpaired) electrons. The van der Waals surface area contributed by atoms with Crippen molar-refractivity contribution in [1.82, 2.24) is 10.6 Å². The zero-order valence-electron chi connectivity index (χ0n) is 10.7. The second-order valence-corrected chi connectivity index (χ2v) is 4.22. The van der Waals surface area contributed by atoms with Gasteiger partial charge in [-0.1, -0.05) is 12.1 Å². The van der Waals surface area contributed by atoms with E-state index in [9.17, 15) is 9.18 Å². The normalized spacial score (nSPS) is 12.4. The summed E-state index contributed by atoms with van der Waals surface area (Å²) in [5, 5.41) is 14.6. The maximum Gasteiger partial charge on any atom is 0.322 e. The number of halogens is 1. The van der Waals surface area contributed by atoms with Gasteiger partial charge in [-0.15, -0.1) is 0 Å². The van der Waals surface area contributed by atoms with Crippen molar-refractivity contribution in [2.45, 2.75) is 19.4 Å². The molecular formula is C13H19FN2O2. The molecule has 0 saturated carbocycles. The van der Waals surface area contributed by atoms with Crippen molar-refractivity contribution >= 4 is 5.97 Å². The average molecular weight is 254 g/mol. The summed E-state index contributed by atoms with van der Waals surface area (Å²) in [7, 11) is 1.61. The van der Waals surface area contributed by atoms with Crippen LogP contribution in [0.25, 0.3) is 0 Å². The third-order valence-corrected chi connectivity index (χ3v) is 2.81. The van der Waals surface area contributed by atoms with Crippen molar-refractivity contribution in [3.05, 3.63) is 35.1 Å².